The highest BCUT2D eigenvalue weighted by atomic mass is 32.2. The summed E-state index contributed by atoms with van der Waals surface area (Å²) in [5.41, 5.74) is 0. The number of ether oxygens (including phenoxy) is 1. The van der Waals surface area contributed by atoms with Crippen LogP contribution < -0.4 is 0 Å². The summed E-state index contributed by atoms with van der Waals surface area (Å²) < 4.78 is 26.2. The van der Waals surface area contributed by atoms with E-state index in [1.54, 1.807) is 6.92 Å². The van der Waals surface area contributed by atoms with Crippen LogP contribution in [0.2, 0.25) is 0 Å². The van der Waals surface area contributed by atoms with Gasteiger partial charge >= 0.3 is 5.97 Å². The van der Waals surface area contributed by atoms with E-state index in [9.17, 15) is 13.2 Å². The van der Waals surface area contributed by atoms with Crippen molar-refractivity contribution in [2.24, 2.45) is 0 Å². The van der Waals surface area contributed by atoms with Crippen molar-refractivity contribution < 1.29 is 17.9 Å². The van der Waals surface area contributed by atoms with Gasteiger partial charge in [0.25, 0.3) is 0 Å². The number of esters is 1. The Morgan fingerprint density at radius 2 is 2.00 bits per heavy atom. The van der Waals surface area contributed by atoms with Crippen LogP contribution in [0.4, 0.5) is 0 Å². The van der Waals surface area contributed by atoms with Crippen LogP contribution in [0.5, 0.6) is 0 Å². The Bertz CT molecular complexity index is 230. The molecular weight excluding hydrogens is 180 g/mol. The third kappa shape index (κ3) is 5.12. The van der Waals surface area contributed by atoms with Crippen molar-refractivity contribution in [1.29, 1.82) is 0 Å². The summed E-state index contributed by atoms with van der Waals surface area (Å²) in [7, 11) is -1.64. The molecule has 72 valence electrons. The van der Waals surface area contributed by atoms with E-state index in [0.717, 1.165) is 0 Å². The Kier molecular flexibility index (Phi) is 4.89. The van der Waals surface area contributed by atoms with E-state index >= 15 is 0 Å². The van der Waals surface area contributed by atoms with Gasteiger partial charge in [0.05, 0.1) is 12.9 Å². The monoisotopic (exact) mass is 194 g/mol. The van der Waals surface area contributed by atoms with Crippen LogP contribution in [0.1, 0.15) is 19.8 Å². The number of hydrogen-bond acceptors (Lipinski definition) is 4. The molecule has 0 radical (unpaired) electrons. The summed E-state index contributed by atoms with van der Waals surface area (Å²) >= 11 is 0. The second-order valence-corrected chi connectivity index (χ2v) is 4.89. The molecule has 0 bridgehead atoms. The molecule has 0 fully saturated rings. The maximum atomic E-state index is 10.9. The van der Waals surface area contributed by atoms with E-state index in [-0.39, 0.29) is 23.9 Å². The molecule has 0 heterocycles. The minimum atomic E-state index is -2.93. The van der Waals surface area contributed by atoms with Crippen molar-refractivity contribution in [2.45, 2.75) is 19.8 Å². The molecule has 0 N–H and O–H groups in total. The van der Waals surface area contributed by atoms with Crippen LogP contribution in [-0.2, 0) is 19.4 Å². The highest BCUT2D eigenvalue weighted by Gasteiger charge is 2.08. The first-order chi connectivity index (χ1) is 5.52. The summed E-state index contributed by atoms with van der Waals surface area (Å²) in [4.78, 5) is 10.6. The van der Waals surface area contributed by atoms with Gasteiger partial charge in [0.1, 0.15) is 9.84 Å². The number of hydrogen-bond donors (Lipinski definition) is 0. The Labute approximate surface area is 72.8 Å². The summed E-state index contributed by atoms with van der Waals surface area (Å²) in [6.07, 6.45) is 0.526. The van der Waals surface area contributed by atoms with Gasteiger partial charge in [-0.25, -0.2) is 8.42 Å². The summed E-state index contributed by atoms with van der Waals surface area (Å²) in [5, 5.41) is 0. The minimum Gasteiger partial charge on any atom is -0.469 e. The molecule has 4 nitrogen and oxygen atoms in total. The second kappa shape index (κ2) is 5.13. The molecule has 0 aliphatic heterocycles. The molecule has 0 atom stereocenters. The van der Waals surface area contributed by atoms with E-state index in [1.807, 2.05) is 0 Å². The predicted molar refractivity (Wildman–Crippen MR) is 45.6 cm³/mol. The van der Waals surface area contributed by atoms with E-state index in [1.165, 1.54) is 7.11 Å². The second-order valence-electron chi connectivity index (χ2n) is 2.42. The van der Waals surface area contributed by atoms with Crippen molar-refractivity contribution in [1.82, 2.24) is 0 Å². The molecule has 0 spiro atoms. The zero-order valence-corrected chi connectivity index (χ0v) is 8.19. The van der Waals surface area contributed by atoms with Crippen LogP contribution in [0.3, 0.4) is 0 Å². The average molecular weight is 194 g/mol. The van der Waals surface area contributed by atoms with Crippen molar-refractivity contribution >= 4 is 15.8 Å². The third-order valence-corrected chi connectivity index (χ3v) is 3.29. The van der Waals surface area contributed by atoms with Crippen LogP contribution in [0, 0.1) is 0 Å². The number of carbonyl (C=O) groups excluding carboxylic acids is 1. The normalized spacial score (nSPS) is 11.2. The number of rotatable bonds is 5. The first-order valence-electron chi connectivity index (χ1n) is 3.79. The summed E-state index contributed by atoms with van der Waals surface area (Å²) in [6.45, 7) is 1.59. The fraction of sp³-hybridized carbons (Fsp3) is 0.857. The van der Waals surface area contributed by atoms with Crippen molar-refractivity contribution in [3.05, 3.63) is 0 Å². The van der Waals surface area contributed by atoms with E-state index in [2.05, 4.69) is 4.74 Å². The Morgan fingerprint density at radius 1 is 1.42 bits per heavy atom. The number of carbonyl (C=O) groups is 1. The quantitative estimate of drug-likeness (QED) is 0.593. The molecule has 0 unspecified atom stereocenters. The molecule has 0 aromatic rings. The van der Waals surface area contributed by atoms with Gasteiger partial charge in [-0.1, -0.05) is 6.92 Å². The highest BCUT2D eigenvalue weighted by molar-refractivity contribution is 7.91. The van der Waals surface area contributed by atoms with Gasteiger partial charge in [0.15, 0.2) is 0 Å². The summed E-state index contributed by atoms with van der Waals surface area (Å²) in [5.74, 6) is -0.159. The van der Waals surface area contributed by atoms with Gasteiger partial charge in [-0.2, -0.15) is 0 Å². The fourth-order valence-electron chi connectivity index (χ4n) is 0.683. The van der Waals surface area contributed by atoms with Gasteiger partial charge in [-0.15, -0.1) is 0 Å². The first-order valence-corrected chi connectivity index (χ1v) is 5.61. The fourth-order valence-corrected chi connectivity index (χ4v) is 1.56. The standard InChI is InChI=1S/C7H14O4S/c1-3-12(9,10)6-4-5-7(8)11-2/h3-6H2,1-2H3. The van der Waals surface area contributed by atoms with Crippen LogP contribution in [0.25, 0.3) is 0 Å². The number of methoxy groups -OCH3 is 1. The largest absolute Gasteiger partial charge is 0.469 e. The zero-order chi connectivity index (χ0) is 9.61. The van der Waals surface area contributed by atoms with Gasteiger partial charge in [0.2, 0.25) is 0 Å². The van der Waals surface area contributed by atoms with Gasteiger partial charge < -0.3 is 4.74 Å². The van der Waals surface area contributed by atoms with Crippen LogP contribution in [-0.4, -0.2) is 33.0 Å². The Balaban J connectivity index is 3.64. The molecule has 0 aromatic carbocycles. The maximum absolute atomic E-state index is 10.9. The first kappa shape index (κ1) is 11.4. The van der Waals surface area contributed by atoms with Gasteiger partial charge in [-0.05, 0) is 6.42 Å². The van der Waals surface area contributed by atoms with Crippen molar-refractivity contribution in [3.8, 4) is 0 Å². The van der Waals surface area contributed by atoms with Crippen LogP contribution >= 0.6 is 0 Å². The molecule has 0 aliphatic carbocycles. The van der Waals surface area contributed by atoms with E-state index in [0.29, 0.717) is 6.42 Å². The topological polar surface area (TPSA) is 60.4 Å². The summed E-state index contributed by atoms with van der Waals surface area (Å²) in [6, 6.07) is 0. The lowest BCUT2D eigenvalue weighted by Crippen LogP contribution is -2.10. The molecule has 0 saturated heterocycles. The molecule has 0 saturated carbocycles. The van der Waals surface area contributed by atoms with Gasteiger partial charge in [0, 0.05) is 12.2 Å². The minimum absolute atomic E-state index is 0.0681. The van der Waals surface area contributed by atoms with E-state index in [4.69, 9.17) is 0 Å². The average Bonchev–Trinajstić information content (AvgIpc) is 2.04. The number of sulfone groups is 1. The molecule has 5 heteroatoms. The van der Waals surface area contributed by atoms with Gasteiger partial charge in [-0.3, -0.25) is 4.79 Å². The molecule has 0 amide bonds. The van der Waals surface area contributed by atoms with Crippen molar-refractivity contribution in [3.63, 3.8) is 0 Å². The lowest BCUT2D eigenvalue weighted by atomic mass is 10.3. The van der Waals surface area contributed by atoms with Crippen LogP contribution in [0.15, 0.2) is 0 Å². The molecule has 0 aliphatic rings. The zero-order valence-electron chi connectivity index (χ0n) is 7.37. The van der Waals surface area contributed by atoms with E-state index < -0.39 is 9.84 Å². The Hall–Kier alpha value is -0.580. The lowest BCUT2D eigenvalue weighted by Gasteiger charge is -1.99. The van der Waals surface area contributed by atoms with Crippen molar-refractivity contribution in [2.75, 3.05) is 18.6 Å². The maximum Gasteiger partial charge on any atom is 0.305 e. The third-order valence-electron chi connectivity index (χ3n) is 1.50. The predicted octanol–water partition coefficient (Wildman–Crippen LogP) is 0.374. The Morgan fingerprint density at radius 3 is 2.42 bits per heavy atom. The lowest BCUT2D eigenvalue weighted by molar-refractivity contribution is -0.140. The molecule has 12 heavy (non-hydrogen) atoms. The molecular formula is C7H14O4S. The smallest absolute Gasteiger partial charge is 0.305 e. The SMILES string of the molecule is CCS(=O)(=O)CCCC(=O)OC. The highest BCUT2D eigenvalue weighted by Crippen LogP contribution is 1.98. The molecule has 0 aromatic heterocycles. The molecule has 0 rings (SSSR count).